The number of halogens is 1. The number of phenolic OH excluding ortho intramolecular Hbond substituents is 1. The molecule has 1 aromatic carbocycles. The summed E-state index contributed by atoms with van der Waals surface area (Å²) in [5.74, 6) is 0.725. The lowest BCUT2D eigenvalue weighted by atomic mass is 9.73. The van der Waals surface area contributed by atoms with Gasteiger partial charge in [-0.1, -0.05) is 11.6 Å². The molecule has 1 aliphatic carbocycles. The molecule has 2 saturated heterocycles. The Morgan fingerprint density at radius 3 is 2.81 bits per heavy atom. The van der Waals surface area contributed by atoms with Crippen LogP contribution in [0, 0.1) is 11.3 Å². The fourth-order valence-electron chi connectivity index (χ4n) is 4.45. The fourth-order valence-corrected chi connectivity index (χ4v) is 4.62. The van der Waals surface area contributed by atoms with E-state index in [9.17, 15) is 14.7 Å². The van der Waals surface area contributed by atoms with Gasteiger partial charge in [0.05, 0.1) is 5.56 Å². The maximum absolute atomic E-state index is 12.9. The molecule has 2 amide bonds. The largest absolute Gasteiger partial charge is 0.507 e. The second-order valence-corrected chi connectivity index (χ2v) is 8.65. The predicted molar refractivity (Wildman–Crippen MR) is 99.2 cm³/mol. The van der Waals surface area contributed by atoms with Crippen LogP contribution in [-0.4, -0.2) is 52.9 Å². The molecular formula is C20H25ClN2O3. The summed E-state index contributed by atoms with van der Waals surface area (Å²) in [5.41, 5.74) is 0.298. The van der Waals surface area contributed by atoms with Crippen molar-refractivity contribution in [3.8, 4) is 5.75 Å². The van der Waals surface area contributed by atoms with Crippen molar-refractivity contribution in [1.29, 1.82) is 0 Å². The lowest BCUT2D eigenvalue weighted by Gasteiger charge is -2.48. The number of aromatic hydroxyl groups is 1. The molecule has 2 aliphatic heterocycles. The van der Waals surface area contributed by atoms with Crippen molar-refractivity contribution in [1.82, 2.24) is 9.80 Å². The third kappa shape index (κ3) is 3.54. The summed E-state index contributed by atoms with van der Waals surface area (Å²) < 4.78 is 0. The van der Waals surface area contributed by atoms with E-state index in [1.54, 1.807) is 12.1 Å². The first-order valence-corrected chi connectivity index (χ1v) is 9.89. The summed E-state index contributed by atoms with van der Waals surface area (Å²) in [4.78, 5) is 29.1. The van der Waals surface area contributed by atoms with Crippen molar-refractivity contribution >= 4 is 23.4 Å². The molecule has 3 fully saturated rings. The van der Waals surface area contributed by atoms with E-state index in [1.807, 2.05) is 9.80 Å². The number of hydrogen-bond donors (Lipinski definition) is 1. The standard InChI is InChI=1S/C20H25ClN2O3/c21-15-4-5-16(17(24)10-15)19(26)22-9-1-7-20(12-22)8-6-18(25)23(13-20)11-14-2-3-14/h4-5,10,14,24H,1-3,6-9,11-13H2/t20-/m1/s1. The third-order valence-corrected chi connectivity index (χ3v) is 6.30. The Hall–Kier alpha value is -1.75. The SMILES string of the molecule is O=C1CC[C@@]2(CCCN(C(=O)c3ccc(Cl)cc3O)C2)CN1CC1CC1. The summed E-state index contributed by atoms with van der Waals surface area (Å²) in [6.07, 6.45) is 5.89. The van der Waals surface area contributed by atoms with Crippen LogP contribution in [0.2, 0.25) is 5.02 Å². The fraction of sp³-hybridized carbons (Fsp3) is 0.600. The maximum atomic E-state index is 12.9. The van der Waals surface area contributed by atoms with Gasteiger partial charge in [-0.2, -0.15) is 0 Å². The van der Waals surface area contributed by atoms with Crippen molar-refractivity contribution in [2.24, 2.45) is 11.3 Å². The number of nitrogens with zero attached hydrogens (tertiary/aromatic N) is 2. The lowest BCUT2D eigenvalue weighted by molar-refractivity contribution is -0.139. The molecule has 0 aromatic heterocycles. The minimum Gasteiger partial charge on any atom is -0.507 e. The lowest BCUT2D eigenvalue weighted by Crippen LogP contribution is -2.55. The first-order chi connectivity index (χ1) is 12.5. The normalized spacial score (nSPS) is 26.4. The topological polar surface area (TPSA) is 60.9 Å². The molecule has 1 saturated carbocycles. The van der Waals surface area contributed by atoms with Gasteiger partial charge in [-0.25, -0.2) is 0 Å². The number of piperidine rings is 2. The summed E-state index contributed by atoms with van der Waals surface area (Å²) >= 11 is 5.88. The van der Waals surface area contributed by atoms with Crippen molar-refractivity contribution in [3.05, 3.63) is 28.8 Å². The molecular weight excluding hydrogens is 352 g/mol. The van der Waals surface area contributed by atoms with Crippen LogP contribution >= 0.6 is 11.6 Å². The second kappa shape index (κ2) is 6.76. The molecule has 6 heteroatoms. The number of carbonyl (C=O) groups excluding carboxylic acids is 2. The van der Waals surface area contributed by atoms with Crippen molar-refractivity contribution in [2.45, 2.75) is 38.5 Å². The molecule has 2 heterocycles. The smallest absolute Gasteiger partial charge is 0.257 e. The molecule has 3 aliphatic rings. The molecule has 1 N–H and O–H groups in total. The van der Waals surface area contributed by atoms with Crippen molar-refractivity contribution < 1.29 is 14.7 Å². The van der Waals surface area contributed by atoms with Crippen LogP contribution in [0.25, 0.3) is 0 Å². The van der Waals surface area contributed by atoms with Gasteiger partial charge in [-0.05, 0) is 56.2 Å². The summed E-state index contributed by atoms with van der Waals surface area (Å²) in [5, 5.41) is 10.5. The number of benzene rings is 1. The maximum Gasteiger partial charge on any atom is 0.257 e. The first-order valence-electron chi connectivity index (χ1n) is 9.51. The highest BCUT2D eigenvalue weighted by Gasteiger charge is 2.44. The van der Waals surface area contributed by atoms with Crippen LogP contribution in [0.1, 0.15) is 48.9 Å². The molecule has 1 spiro atoms. The zero-order valence-corrected chi connectivity index (χ0v) is 15.7. The summed E-state index contributed by atoms with van der Waals surface area (Å²) in [6, 6.07) is 4.63. The van der Waals surface area contributed by atoms with Gasteiger partial charge in [0.1, 0.15) is 5.75 Å². The second-order valence-electron chi connectivity index (χ2n) is 8.21. The molecule has 0 unspecified atom stereocenters. The van der Waals surface area contributed by atoms with E-state index < -0.39 is 0 Å². The Morgan fingerprint density at radius 1 is 1.27 bits per heavy atom. The number of amides is 2. The highest BCUT2D eigenvalue weighted by atomic mass is 35.5. The van der Waals surface area contributed by atoms with Crippen molar-refractivity contribution in [3.63, 3.8) is 0 Å². The number of phenols is 1. The number of hydrogen-bond acceptors (Lipinski definition) is 3. The highest BCUT2D eigenvalue weighted by molar-refractivity contribution is 6.30. The molecule has 1 atom stereocenters. The number of likely N-dealkylation sites (tertiary alicyclic amines) is 2. The van der Waals surface area contributed by atoms with Gasteiger partial charge in [0.2, 0.25) is 5.91 Å². The Balaban J connectivity index is 1.49. The zero-order valence-electron chi connectivity index (χ0n) is 14.9. The van der Waals surface area contributed by atoms with E-state index in [4.69, 9.17) is 11.6 Å². The van der Waals surface area contributed by atoms with Crippen LogP contribution in [0.4, 0.5) is 0 Å². The predicted octanol–water partition coefficient (Wildman–Crippen LogP) is 3.30. The van der Waals surface area contributed by atoms with Gasteiger partial charge in [0.25, 0.3) is 5.91 Å². The molecule has 140 valence electrons. The minimum absolute atomic E-state index is 0.00124. The molecule has 5 nitrogen and oxygen atoms in total. The van der Waals surface area contributed by atoms with Crippen LogP contribution in [0.15, 0.2) is 18.2 Å². The molecule has 0 radical (unpaired) electrons. The van der Waals surface area contributed by atoms with Gasteiger partial charge in [0.15, 0.2) is 0 Å². The van der Waals surface area contributed by atoms with Gasteiger partial charge < -0.3 is 14.9 Å². The van der Waals surface area contributed by atoms with E-state index in [2.05, 4.69) is 0 Å². The van der Waals surface area contributed by atoms with Crippen LogP contribution in [0.5, 0.6) is 5.75 Å². The monoisotopic (exact) mass is 376 g/mol. The molecule has 26 heavy (non-hydrogen) atoms. The average Bonchev–Trinajstić information content (AvgIpc) is 3.42. The Bertz CT molecular complexity index is 734. The van der Waals surface area contributed by atoms with Crippen LogP contribution in [-0.2, 0) is 4.79 Å². The van der Waals surface area contributed by atoms with E-state index in [0.29, 0.717) is 36.0 Å². The Kier molecular flexibility index (Phi) is 4.59. The highest BCUT2D eigenvalue weighted by Crippen LogP contribution is 2.41. The van der Waals surface area contributed by atoms with Gasteiger partial charge >= 0.3 is 0 Å². The molecule has 4 rings (SSSR count). The van der Waals surface area contributed by atoms with E-state index in [0.717, 1.165) is 32.4 Å². The summed E-state index contributed by atoms with van der Waals surface area (Å²) in [6.45, 7) is 2.99. The Morgan fingerprint density at radius 2 is 2.08 bits per heavy atom. The van der Waals surface area contributed by atoms with E-state index >= 15 is 0 Å². The quantitative estimate of drug-likeness (QED) is 0.880. The summed E-state index contributed by atoms with van der Waals surface area (Å²) in [7, 11) is 0. The van der Waals surface area contributed by atoms with E-state index in [-0.39, 0.29) is 23.0 Å². The number of rotatable bonds is 3. The minimum atomic E-state index is -0.149. The third-order valence-electron chi connectivity index (χ3n) is 6.06. The molecule has 0 bridgehead atoms. The van der Waals surface area contributed by atoms with Gasteiger partial charge in [-0.15, -0.1) is 0 Å². The molecule has 1 aromatic rings. The van der Waals surface area contributed by atoms with Gasteiger partial charge in [-0.3, -0.25) is 9.59 Å². The first kappa shape index (κ1) is 17.7. The van der Waals surface area contributed by atoms with E-state index in [1.165, 1.54) is 18.9 Å². The average molecular weight is 377 g/mol. The van der Waals surface area contributed by atoms with Crippen LogP contribution < -0.4 is 0 Å². The Labute approximate surface area is 158 Å². The zero-order chi connectivity index (χ0) is 18.3. The number of carbonyl (C=O) groups is 2. The van der Waals surface area contributed by atoms with Gasteiger partial charge in [0, 0.05) is 43.0 Å². The van der Waals surface area contributed by atoms with Crippen LogP contribution in [0.3, 0.4) is 0 Å². The van der Waals surface area contributed by atoms with Crippen molar-refractivity contribution in [2.75, 3.05) is 26.2 Å².